The van der Waals surface area contributed by atoms with Gasteiger partial charge in [0.15, 0.2) is 17.5 Å². The number of aromatic nitrogens is 9. The molecule has 0 saturated heterocycles. The van der Waals surface area contributed by atoms with Gasteiger partial charge in [-0.25, -0.2) is 15.0 Å². The van der Waals surface area contributed by atoms with Crippen molar-refractivity contribution in [3.63, 3.8) is 0 Å². The Morgan fingerprint density at radius 3 is 1.32 bits per heavy atom. The molecule has 9 N–H and O–H groups in total. The predicted molar refractivity (Wildman–Crippen MR) is 306 cm³/mol. The van der Waals surface area contributed by atoms with Crippen molar-refractivity contribution in [1.29, 1.82) is 0 Å². The normalized spacial score (nSPS) is 13.1. The number of hydrogen-bond donors (Lipinski definition) is 9. The first-order valence-corrected chi connectivity index (χ1v) is 25.9. The van der Waals surface area contributed by atoms with Crippen LogP contribution in [0.4, 0.5) is 28.7 Å². The van der Waals surface area contributed by atoms with Crippen LogP contribution >= 0.6 is 0 Å². The molecule has 8 rings (SSSR count). The van der Waals surface area contributed by atoms with E-state index < -0.39 is 29.5 Å². The summed E-state index contributed by atoms with van der Waals surface area (Å²) in [6.45, 7) is 1.99. The van der Waals surface area contributed by atoms with Crippen molar-refractivity contribution < 1.29 is 60.2 Å². The van der Waals surface area contributed by atoms with Crippen molar-refractivity contribution in [2.75, 3.05) is 73.4 Å². The molecule has 0 atom stereocenters. The first-order chi connectivity index (χ1) is 39.6. The summed E-state index contributed by atoms with van der Waals surface area (Å²) in [5, 5.41) is 24.5. The zero-order valence-corrected chi connectivity index (χ0v) is 48.4. The fourth-order valence-corrected chi connectivity index (χ4v) is 8.26. The van der Waals surface area contributed by atoms with Gasteiger partial charge in [-0.1, -0.05) is 0 Å². The van der Waals surface area contributed by atoms with Gasteiger partial charge in [0, 0.05) is 118 Å². The molecular formula is C55H65FeN19O9+2. The fraction of sp³-hybridized carbons (Fsp3) is 0.273. The number of nitrogens with one attached hydrogen (secondary N) is 9. The van der Waals surface area contributed by atoms with Crippen LogP contribution in [0.3, 0.4) is 0 Å². The summed E-state index contributed by atoms with van der Waals surface area (Å²) in [5.41, 5.74) is 2.16. The molecule has 0 aliphatic heterocycles. The first kappa shape index (κ1) is 64.3. The Kier molecular flexibility index (Phi) is 22.9. The second-order valence-electron chi connectivity index (χ2n) is 19.3. The average Bonchev–Trinajstić information content (AvgIpc) is 4.42. The molecule has 29 heteroatoms. The van der Waals surface area contributed by atoms with E-state index in [1.54, 1.807) is 143 Å². The molecule has 0 unspecified atom stereocenters. The van der Waals surface area contributed by atoms with Gasteiger partial charge < -0.3 is 80.2 Å². The largest absolute Gasteiger partial charge is 2.00 e. The van der Waals surface area contributed by atoms with Gasteiger partial charge in [-0.05, 0) is 96.6 Å². The number of carbonyl (C=O) groups is 9. The van der Waals surface area contributed by atoms with Crippen LogP contribution in [0.1, 0.15) is 76.2 Å². The van der Waals surface area contributed by atoms with E-state index in [2.05, 4.69) is 62.8 Å². The van der Waals surface area contributed by atoms with Gasteiger partial charge in [0.2, 0.25) is 29.4 Å². The van der Waals surface area contributed by atoms with Gasteiger partial charge in [0.05, 0.1) is 28.9 Å². The molecule has 6 heterocycles. The quantitative estimate of drug-likeness (QED) is 0.0324. The van der Waals surface area contributed by atoms with E-state index in [1.807, 2.05) is 19.0 Å². The van der Waals surface area contributed by atoms with E-state index in [0.29, 0.717) is 41.1 Å². The smallest absolute Gasteiger partial charge is 0.355 e. The van der Waals surface area contributed by atoms with Crippen molar-refractivity contribution in [3.8, 4) is 0 Å². The van der Waals surface area contributed by atoms with Crippen molar-refractivity contribution in [2.24, 2.45) is 42.3 Å². The van der Waals surface area contributed by atoms with Gasteiger partial charge in [-0.15, -0.1) is 0 Å². The molecule has 28 nitrogen and oxygen atoms in total. The van der Waals surface area contributed by atoms with Crippen molar-refractivity contribution in [1.82, 2.24) is 68.5 Å². The van der Waals surface area contributed by atoms with E-state index in [4.69, 9.17) is 0 Å². The van der Waals surface area contributed by atoms with E-state index in [-0.39, 0.29) is 107 Å². The molecule has 0 spiro atoms. The summed E-state index contributed by atoms with van der Waals surface area (Å²) < 4.78 is 9.27. The van der Waals surface area contributed by atoms with Crippen LogP contribution in [-0.2, 0) is 73.7 Å². The van der Waals surface area contributed by atoms with Crippen LogP contribution in [0.25, 0.3) is 0 Å². The van der Waals surface area contributed by atoms with E-state index >= 15 is 0 Å². The molecule has 0 bridgehead atoms. The minimum absolute atomic E-state index is 0. The Hall–Kier alpha value is -8.82. The molecule has 9 amide bonds. The second kappa shape index (κ2) is 29.9. The van der Waals surface area contributed by atoms with Gasteiger partial charge >= 0.3 is 17.1 Å². The van der Waals surface area contributed by atoms with Crippen LogP contribution in [-0.4, -0.2) is 147 Å². The fourth-order valence-electron chi connectivity index (χ4n) is 8.26. The molecule has 2 aliphatic carbocycles. The summed E-state index contributed by atoms with van der Waals surface area (Å²) >= 11 is 0. The summed E-state index contributed by atoms with van der Waals surface area (Å²) in [4.78, 5) is 127. The topological polar surface area (TPSA) is 333 Å². The molecule has 10 radical (unpaired) electrons. The molecule has 2 saturated carbocycles. The molecule has 0 aromatic carbocycles. The third kappa shape index (κ3) is 17.6. The Bertz CT molecular complexity index is 3330. The molecule has 440 valence electrons. The monoisotopic (exact) mass is 1190 g/mol. The van der Waals surface area contributed by atoms with Crippen LogP contribution in [0.2, 0.25) is 0 Å². The van der Waals surface area contributed by atoms with Crippen LogP contribution < -0.4 is 47.9 Å². The van der Waals surface area contributed by atoms with Crippen LogP contribution in [0.5, 0.6) is 0 Å². The molecular weight excluding hydrogens is 1130 g/mol. The zero-order chi connectivity index (χ0) is 59.9. The molecule has 6 aromatic heterocycles. The molecule has 2 fully saturated rings. The summed E-state index contributed by atoms with van der Waals surface area (Å²) in [7, 11) is 13.9. The number of nitrogens with zero attached hydrogens (tertiary/aromatic N) is 10. The SMILES string of the molecule is CN(C)CCCNC(=O)c1cc(NC(=O)c2nc(NC(=O)c3cc(NC(=O)CCNC(=O)[C]4[CH][CH][CH][CH]4)cn3C)cn2C)cn1C.Cn1cc(NC(=O)c2nccn2C)cc1C(=O)Nc1cn(C)c(C(=O)NCCNC(=O)[C]2[CH][CH][CH][CH]2)n1.[Fe+2]. The van der Waals surface area contributed by atoms with Gasteiger partial charge in [-0.3, -0.25) is 43.2 Å². The maximum atomic E-state index is 13.0. The molecule has 6 aromatic rings. The second-order valence-corrected chi connectivity index (χ2v) is 19.3. The van der Waals surface area contributed by atoms with Crippen molar-refractivity contribution >= 4 is 81.9 Å². The predicted octanol–water partition coefficient (Wildman–Crippen LogP) is 1.38. The van der Waals surface area contributed by atoms with Crippen LogP contribution in [0.15, 0.2) is 61.6 Å². The number of carbonyl (C=O) groups excluding carboxylic acids is 9. The Morgan fingerprint density at radius 2 is 0.857 bits per heavy atom. The van der Waals surface area contributed by atoms with Gasteiger partial charge in [-0.2, -0.15) is 0 Å². The molecule has 2 aliphatic rings. The number of rotatable bonds is 23. The Balaban J connectivity index is 0.000000272. The maximum Gasteiger partial charge on any atom is 2.00 e. The van der Waals surface area contributed by atoms with Crippen LogP contribution in [0, 0.1) is 63.2 Å². The number of amides is 9. The molecule has 84 heavy (non-hydrogen) atoms. The standard InChI is InChI=1S/C31H39N10O5.C24H26N9O4.Fe/c1-38(2)14-8-12-32-29(44)23-16-22(18-39(23)3)35-31(46)27-36-25(19-41(27)5)37-30(45)24-15-21(17-40(24)4)34-26(42)11-13-33-28(43)20-9-6-7-10-20;1-31-11-10-25-19(31)24(37)28-16-12-17(32(2)13-16)22(35)30-18-14-33(3)20(29-18)23(36)27-9-8-26-21(34)15-6-4-5-7-15;/h6-7,9-10,15-19H,8,11-14H2,1-5H3,(H,32,44)(H,33,43)(H,34,42)(H,35,46)(H,37,45);4-7,10-14H,8-9H2,1-3H3,(H,26,34)(H,27,36)(H,28,37)(H,30,35);/q;;+2. The maximum absolute atomic E-state index is 13.0. The van der Waals surface area contributed by atoms with Crippen molar-refractivity contribution in [2.45, 2.75) is 12.8 Å². The summed E-state index contributed by atoms with van der Waals surface area (Å²) in [5.74, 6) is -1.64. The van der Waals surface area contributed by atoms with Gasteiger partial charge in [0.25, 0.3) is 35.4 Å². The minimum atomic E-state index is -0.527. The summed E-state index contributed by atoms with van der Waals surface area (Å²) in [6.07, 6.45) is 25.7. The number of hydrogen-bond acceptors (Lipinski definition) is 13. The van der Waals surface area contributed by atoms with Crippen molar-refractivity contribution in [3.05, 3.63) is 159 Å². The number of imidazole rings is 3. The van der Waals surface area contributed by atoms with E-state index in [9.17, 15) is 43.2 Å². The van der Waals surface area contributed by atoms with Gasteiger partial charge in [0.1, 0.15) is 17.1 Å². The third-order valence-electron chi connectivity index (χ3n) is 12.4. The van der Waals surface area contributed by atoms with E-state index in [0.717, 1.165) is 13.0 Å². The minimum Gasteiger partial charge on any atom is -0.355 e. The summed E-state index contributed by atoms with van der Waals surface area (Å²) in [6, 6.07) is 4.62. The first-order valence-electron chi connectivity index (χ1n) is 25.9. The average molecular weight is 1190 g/mol. The Labute approximate surface area is 496 Å². The number of anilines is 5. The van der Waals surface area contributed by atoms with E-state index in [1.165, 1.54) is 39.9 Å². The number of aryl methyl sites for hydroxylation is 6. The third-order valence-corrected chi connectivity index (χ3v) is 12.4. The zero-order valence-electron chi connectivity index (χ0n) is 47.3. The Morgan fingerprint density at radius 1 is 0.440 bits per heavy atom.